The zero-order valence-corrected chi connectivity index (χ0v) is 18.3. The number of hydrogen-bond acceptors (Lipinski definition) is 4. The summed E-state index contributed by atoms with van der Waals surface area (Å²) in [5.41, 5.74) is 3.13. The van der Waals surface area contributed by atoms with Crippen LogP contribution >= 0.6 is 23.2 Å². The summed E-state index contributed by atoms with van der Waals surface area (Å²) in [5.74, 6) is 0.714. The Morgan fingerprint density at radius 3 is 2.48 bits per heavy atom. The minimum absolute atomic E-state index is 0.0180. The van der Waals surface area contributed by atoms with Crippen LogP contribution in [0.5, 0.6) is 5.75 Å². The third kappa shape index (κ3) is 4.55. The number of nitrogens with one attached hydrogen (secondary N) is 1. The van der Waals surface area contributed by atoms with Crippen molar-refractivity contribution in [3.8, 4) is 22.8 Å². The molecule has 0 bridgehead atoms. The van der Waals surface area contributed by atoms with Crippen LogP contribution in [-0.2, 0) is 0 Å². The lowest BCUT2D eigenvalue weighted by atomic mass is 10.1. The number of aromatic nitrogens is 3. The molecule has 1 heterocycles. The normalized spacial score (nSPS) is 10.7. The molecule has 0 unspecified atom stereocenters. The summed E-state index contributed by atoms with van der Waals surface area (Å²) in [7, 11) is 1.56. The fourth-order valence-electron chi connectivity index (χ4n) is 2.98. The number of amides is 1. The van der Waals surface area contributed by atoms with E-state index in [2.05, 4.69) is 15.4 Å². The summed E-state index contributed by atoms with van der Waals surface area (Å²) in [6.07, 6.45) is 0. The van der Waals surface area contributed by atoms with Gasteiger partial charge < -0.3 is 10.1 Å². The van der Waals surface area contributed by atoms with Crippen molar-refractivity contribution in [1.82, 2.24) is 14.8 Å². The molecule has 4 aromatic rings. The lowest BCUT2D eigenvalue weighted by Crippen LogP contribution is -2.14. The number of ether oxygens (including phenoxy) is 1. The van der Waals surface area contributed by atoms with Crippen LogP contribution in [0, 0.1) is 6.92 Å². The van der Waals surface area contributed by atoms with E-state index in [4.69, 9.17) is 27.9 Å². The van der Waals surface area contributed by atoms with E-state index in [1.54, 1.807) is 54.3 Å². The molecule has 1 N–H and O–H groups in total. The Morgan fingerprint density at radius 1 is 1.00 bits per heavy atom. The Labute approximate surface area is 189 Å². The third-order valence-corrected chi connectivity index (χ3v) is 5.33. The van der Waals surface area contributed by atoms with E-state index in [9.17, 15) is 4.79 Å². The molecule has 1 aromatic heterocycles. The highest BCUT2D eigenvalue weighted by Crippen LogP contribution is 2.28. The number of halogens is 2. The van der Waals surface area contributed by atoms with E-state index in [-0.39, 0.29) is 5.82 Å². The van der Waals surface area contributed by atoms with Gasteiger partial charge in [-0.3, -0.25) is 4.79 Å². The molecular formula is C23H18Cl2N4O2. The maximum Gasteiger partial charge on any atom is 0.295 e. The van der Waals surface area contributed by atoms with Crippen LogP contribution in [0.3, 0.4) is 0 Å². The molecule has 4 rings (SSSR count). The van der Waals surface area contributed by atoms with Crippen LogP contribution in [0.4, 0.5) is 5.69 Å². The van der Waals surface area contributed by atoms with E-state index in [1.807, 2.05) is 31.2 Å². The highest BCUT2D eigenvalue weighted by Gasteiger charge is 2.19. The van der Waals surface area contributed by atoms with E-state index in [0.717, 1.165) is 11.1 Å². The van der Waals surface area contributed by atoms with E-state index < -0.39 is 5.91 Å². The van der Waals surface area contributed by atoms with Gasteiger partial charge in [0.1, 0.15) is 5.75 Å². The smallest absolute Gasteiger partial charge is 0.295 e. The number of anilines is 1. The van der Waals surface area contributed by atoms with Gasteiger partial charge in [-0.1, -0.05) is 59.1 Å². The molecule has 0 saturated heterocycles. The van der Waals surface area contributed by atoms with Crippen molar-refractivity contribution in [3.05, 3.63) is 88.2 Å². The van der Waals surface area contributed by atoms with Crippen LogP contribution in [0.25, 0.3) is 17.1 Å². The van der Waals surface area contributed by atoms with Gasteiger partial charge in [0.15, 0.2) is 5.82 Å². The maximum atomic E-state index is 12.9. The standard InChI is InChI=1S/C23H18Cl2N4O2/c1-14-6-8-15(9-7-14)22-27-21(23(30)26-16-4-3-5-18(12-16)31-2)28-29(22)17-10-11-19(24)20(25)13-17/h3-13H,1-2H3,(H,26,30). The maximum absolute atomic E-state index is 12.9. The van der Waals surface area contributed by atoms with Gasteiger partial charge >= 0.3 is 0 Å². The quantitative estimate of drug-likeness (QED) is 0.414. The summed E-state index contributed by atoms with van der Waals surface area (Å²) in [5, 5.41) is 8.06. The molecule has 0 atom stereocenters. The van der Waals surface area contributed by atoms with Gasteiger partial charge in [-0.2, -0.15) is 0 Å². The van der Waals surface area contributed by atoms with Crippen LogP contribution in [-0.4, -0.2) is 27.8 Å². The SMILES string of the molecule is COc1cccc(NC(=O)c2nc(-c3ccc(C)cc3)n(-c3ccc(Cl)c(Cl)c3)n2)c1. The highest BCUT2D eigenvalue weighted by molar-refractivity contribution is 6.42. The van der Waals surface area contributed by atoms with Crippen LogP contribution < -0.4 is 10.1 Å². The molecule has 31 heavy (non-hydrogen) atoms. The van der Waals surface area contributed by atoms with Crippen molar-refractivity contribution in [2.24, 2.45) is 0 Å². The van der Waals surface area contributed by atoms with E-state index in [0.29, 0.717) is 33.0 Å². The number of benzene rings is 3. The number of aryl methyl sites for hydroxylation is 1. The number of carbonyl (C=O) groups excluding carboxylic acids is 1. The molecule has 0 aliphatic carbocycles. The molecule has 156 valence electrons. The number of hydrogen-bond donors (Lipinski definition) is 1. The average molecular weight is 453 g/mol. The van der Waals surface area contributed by atoms with E-state index in [1.165, 1.54) is 0 Å². The first-order chi connectivity index (χ1) is 14.9. The topological polar surface area (TPSA) is 69.0 Å². The Balaban J connectivity index is 1.75. The molecule has 0 spiro atoms. The van der Waals surface area contributed by atoms with Crippen LogP contribution in [0.15, 0.2) is 66.7 Å². The molecule has 0 aliphatic rings. The van der Waals surface area contributed by atoms with Crippen molar-refractivity contribution < 1.29 is 9.53 Å². The molecule has 1 amide bonds. The van der Waals surface area contributed by atoms with Crippen LogP contribution in [0.2, 0.25) is 10.0 Å². The fourth-order valence-corrected chi connectivity index (χ4v) is 3.27. The summed E-state index contributed by atoms with van der Waals surface area (Å²) in [6, 6.07) is 20.0. The van der Waals surface area contributed by atoms with Gasteiger partial charge in [0.2, 0.25) is 5.82 Å². The number of carbonyl (C=O) groups is 1. The predicted octanol–water partition coefficient (Wildman–Crippen LogP) is 5.81. The predicted molar refractivity (Wildman–Crippen MR) is 122 cm³/mol. The van der Waals surface area contributed by atoms with Gasteiger partial charge in [0.25, 0.3) is 5.91 Å². The second-order valence-corrected chi connectivity index (χ2v) is 7.64. The Kier molecular flexibility index (Phi) is 5.93. The first kappa shape index (κ1) is 20.9. The van der Waals surface area contributed by atoms with Gasteiger partial charge in [0, 0.05) is 17.3 Å². The van der Waals surface area contributed by atoms with Crippen LogP contribution in [0.1, 0.15) is 16.2 Å². The lowest BCUT2D eigenvalue weighted by Gasteiger charge is -2.07. The van der Waals surface area contributed by atoms with Crippen molar-refractivity contribution in [3.63, 3.8) is 0 Å². The molecular weight excluding hydrogens is 435 g/mol. The first-order valence-corrected chi connectivity index (χ1v) is 10.1. The van der Waals surface area contributed by atoms with Crippen molar-refractivity contribution in [1.29, 1.82) is 0 Å². The van der Waals surface area contributed by atoms with Gasteiger partial charge in [-0.15, -0.1) is 5.10 Å². The monoisotopic (exact) mass is 452 g/mol. The molecule has 0 aliphatic heterocycles. The minimum Gasteiger partial charge on any atom is -0.497 e. The lowest BCUT2D eigenvalue weighted by molar-refractivity contribution is 0.101. The fraction of sp³-hybridized carbons (Fsp3) is 0.0870. The largest absolute Gasteiger partial charge is 0.497 e. The molecule has 6 nitrogen and oxygen atoms in total. The Hall–Kier alpha value is -3.35. The van der Waals surface area contributed by atoms with Gasteiger partial charge in [0.05, 0.1) is 22.8 Å². The minimum atomic E-state index is -0.444. The molecule has 0 radical (unpaired) electrons. The van der Waals surface area contributed by atoms with E-state index >= 15 is 0 Å². The third-order valence-electron chi connectivity index (χ3n) is 4.60. The number of methoxy groups -OCH3 is 1. The van der Waals surface area contributed by atoms with Crippen molar-refractivity contribution in [2.75, 3.05) is 12.4 Å². The highest BCUT2D eigenvalue weighted by atomic mass is 35.5. The second-order valence-electron chi connectivity index (χ2n) is 6.82. The zero-order chi connectivity index (χ0) is 22.0. The summed E-state index contributed by atoms with van der Waals surface area (Å²) >= 11 is 12.3. The Bertz CT molecular complexity index is 1250. The first-order valence-electron chi connectivity index (χ1n) is 9.39. The second kappa shape index (κ2) is 8.79. The molecule has 0 saturated carbocycles. The average Bonchev–Trinajstić information content (AvgIpc) is 3.22. The summed E-state index contributed by atoms with van der Waals surface area (Å²) < 4.78 is 6.78. The van der Waals surface area contributed by atoms with Gasteiger partial charge in [-0.05, 0) is 37.3 Å². The summed E-state index contributed by atoms with van der Waals surface area (Å²) in [4.78, 5) is 17.4. The molecule has 0 fully saturated rings. The number of rotatable bonds is 5. The molecule has 3 aromatic carbocycles. The van der Waals surface area contributed by atoms with Crippen molar-refractivity contribution >= 4 is 34.8 Å². The van der Waals surface area contributed by atoms with Gasteiger partial charge in [-0.25, -0.2) is 9.67 Å². The zero-order valence-electron chi connectivity index (χ0n) is 16.8. The van der Waals surface area contributed by atoms with Crippen molar-refractivity contribution in [2.45, 2.75) is 6.92 Å². The number of nitrogens with zero attached hydrogens (tertiary/aromatic N) is 3. The molecule has 8 heteroatoms. The Morgan fingerprint density at radius 2 is 1.77 bits per heavy atom. The summed E-state index contributed by atoms with van der Waals surface area (Å²) in [6.45, 7) is 2.00.